The van der Waals surface area contributed by atoms with Crippen LogP contribution in [0.4, 0.5) is 5.82 Å². The van der Waals surface area contributed by atoms with Crippen molar-refractivity contribution in [2.75, 3.05) is 12.3 Å². The second-order valence-electron chi connectivity index (χ2n) is 4.64. The standard InChI is InChI=1S/C12H14N5O2P/c1-2-12(5-18-20)4-3-8(19-12)17-7-16-9-10(13)14-6-15-11(9)17/h1,6-8H,3-5,20H2,(H2,13,14,15). The van der Waals surface area contributed by atoms with Crippen LogP contribution in [-0.4, -0.2) is 31.7 Å². The molecule has 2 N–H and O–H groups in total. The van der Waals surface area contributed by atoms with Crippen molar-refractivity contribution in [1.29, 1.82) is 0 Å². The number of fused-ring (bicyclic) bond motifs is 1. The quantitative estimate of drug-likeness (QED) is 0.667. The summed E-state index contributed by atoms with van der Waals surface area (Å²) in [7, 11) is 2.19. The summed E-state index contributed by atoms with van der Waals surface area (Å²) in [5.41, 5.74) is 6.27. The first-order valence-corrected chi connectivity index (χ1v) is 6.56. The van der Waals surface area contributed by atoms with Crippen LogP contribution >= 0.6 is 9.47 Å². The van der Waals surface area contributed by atoms with Crippen molar-refractivity contribution in [3.05, 3.63) is 12.7 Å². The molecule has 1 aliphatic rings. The molecule has 0 radical (unpaired) electrons. The first kappa shape index (κ1) is 13.3. The van der Waals surface area contributed by atoms with Gasteiger partial charge in [-0.05, 0) is 12.8 Å². The van der Waals surface area contributed by atoms with Gasteiger partial charge in [-0.3, -0.25) is 4.57 Å². The van der Waals surface area contributed by atoms with Crippen molar-refractivity contribution in [3.63, 3.8) is 0 Å². The first-order chi connectivity index (χ1) is 9.69. The zero-order valence-corrected chi connectivity index (χ0v) is 11.8. The zero-order chi connectivity index (χ0) is 14.2. The SMILES string of the molecule is C#CC1(COP)CCC(n2cnc3c(N)ncnc32)O1. The normalized spacial score (nSPS) is 25.9. The number of nitrogen functional groups attached to an aromatic ring is 1. The third-order valence-corrected chi connectivity index (χ3v) is 3.60. The van der Waals surface area contributed by atoms with Gasteiger partial charge in [-0.15, -0.1) is 6.42 Å². The van der Waals surface area contributed by atoms with E-state index in [1.54, 1.807) is 6.33 Å². The van der Waals surface area contributed by atoms with E-state index in [9.17, 15) is 0 Å². The Bertz CT molecular complexity index is 682. The molecular weight excluding hydrogens is 277 g/mol. The monoisotopic (exact) mass is 291 g/mol. The van der Waals surface area contributed by atoms with Crippen LogP contribution in [0.5, 0.6) is 0 Å². The first-order valence-electron chi connectivity index (χ1n) is 6.09. The van der Waals surface area contributed by atoms with Crippen molar-refractivity contribution < 1.29 is 9.26 Å². The molecule has 8 heteroatoms. The molecule has 3 rings (SSSR count). The molecule has 3 unspecified atom stereocenters. The van der Waals surface area contributed by atoms with E-state index in [0.29, 0.717) is 30.0 Å². The number of nitrogens with zero attached hydrogens (tertiary/aromatic N) is 4. The highest BCUT2D eigenvalue weighted by Crippen LogP contribution is 2.37. The van der Waals surface area contributed by atoms with E-state index in [0.717, 1.165) is 6.42 Å². The minimum absolute atomic E-state index is 0.231. The van der Waals surface area contributed by atoms with Crippen LogP contribution in [0.3, 0.4) is 0 Å². The number of ether oxygens (including phenoxy) is 1. The van der Waals surface area contributed by atoms with Gasteiger partial charge in [-0.2, -0.15) is 0 Å². The highest BCUT2D eigenvalue weighted by atomic mass is 31.0. The van der Waals surface area contributed by atoms with Gasteiger partial charge in [0.15, 0.2) is 17.1 Å². The Morgan fingerprint density at radius 2 is 2.45 bits per heavy atom. The molecule has 0 amide bonds. The maximum Gasteiger partial charge on any atom is 0.167 e. The fourth-order valence-electron chi connectivity index (χ4n) is 2.40. The minimum atomic E-state index is -0.707. The lowest BCUT2D eigenvalue weighted by Crippen LogP contribution is -2.31. The Kier molecular flexibility index (Phi) is 3.30. The number of rotatable bonds is 3. The van der Waals surface area contributed by atoms with Crippen molar-refractivity contribution in [1.82, 2.24) is 19.5 Å². The van der Waals surface area contributed by atoms with E-state index < -0.39 is 5.60 Å². The topological polar surface area (TPSA) is 88.1 Å². The van der Waals surface area contributed by atoms with Crippen LogP contribution in [-0.2, 0) is 9.26 Å². The maximum absolute atomic E-state index is 5.98. The van der Waals surface area contributed by atoms with Crippen molar-refractivity contribution in [2.45, 2.75) is 24.7 Å². The molecule has 3 atom stereocenters. The molecular formula is C12H14N5O2P. The van der Waals surface area contributed by atoms with Gasteiger partial charge in [0.05, 0.1) is 12.9 Å². The second kappa shape index (κ2) is 4.98. The molecule has 104 valence electrons. The lowest BCUT2D eigenvalue weighted by atomic mass is 10.0. The van der Waals surface area contributed by atoms with Crippen molar-refractivity contribution in [3.8, 4) is 12.3 Å². The minimum Gasteiger partial charge on any atom is -0.382 e. The van der Waals surface area contributed by atoms with E-state index in [2.05, 4.69) is 30.3 Å². The maximum atomic E-state index is 5.98. The molecule has 0 saturated carbocycles. The number of imidazole rings is 1. The van der Waals surface area contributed by atoms with Gasteiger partial charge in [0.1, 0.15) is 18.1 Å². The smallest absolute Gasteiger partial charge is 0.167 e. The van der Waals surface area contributed by atoms with Crippen molar-refractivity contribution in [2.24, 2.45) is 0 Å². The third-order valence-electron chi connectivity index (χ3n) is 3.43. The molecule has 3 heterocycles. The summed E-state index contributed by atoms with van der Waals surface area (Å²) in [6.45, 7) is 0.328. The molecule has 1 saturated heterocycles. The molecule has 20 heavy (non-hydrogen) atoms. The number of nitrogens with two attached hydrogens (primary N) is 1. The molecule has 1 aliphatic heterocycles. The second-order valence-corrected chi connectivity index (χ2v) is 4.98. The van der Waals surface area contributed by atoms with Gasteiger partial charge in [0, 0.05) is 9.47 Å². The van der Waals surface area contributed by atoms with Crippen LogP contribution in [0.2, 0.25) is 0 Å². The van der Waals surface area contributed by atoms with E-state index in [-0.39, 0.29) is 6.23 Å². The van der Waals surface area contributed by atoms with Gasteiger partial charge in [-0.1, -0.05) is 5.92 Å². The Morgan fingerprint density at radius 3 is 3.20 bits per heavy atom. The molecule has 0 spiro atoms. The largest absolute Gasteiger partial charge is 0.382 e. The summed E-state index contributed by atoms with van der Waals surface area (Å²) in [6.07, 6.45) is 9.87. The number of aromatic nitrogens is 4. The van der Waals surface area contributed by atoms with Gasteiger partial charge in [0.25, 0.3) is 0 Å². The number of hydrogen-bond acceptors (Lipinski definition) is 6. The molecule has 2 aromatic rings. The van der Waals surface area contributed by atoms with E-state index in [1.165, 1.54) is 6.33 Å². The lowest BCUT2D eigenvalue weighted by molar-refractivity contribution is -0.0540. The molecule has 7 nitrogen and oxygen atoms in total. The van der Waals surface area contributed by atoms with Crippen LogP contribution in [0, 0.1) is 12.3 Å². The fraction of sp³-hybridized carbons (Fsp3) is 0.417. The van der Waals surface area contributed by atoms with Crippen LogP contribution < -0.4 is 5.73 Å². The van der Waals surface area contributed by atoms with Crippen molar-refractivity contribution >= 4 is 26.4 Å². The Balaban J connectivity index is 1.94. The average Bonchev–Trinajstić information content (AvgIpc) is 3.04. The number of anilines is 1. The fourth-order valence-corrected chi connectivity index (χ4v) is 2.67. The average molecular weight is 291 g/mol. The highest BCUT2D eigenvalue weighted by molar-refractivity contribution is 7.09. The third kappa shape index (κ3) is 2.02. The predicted octanol–water partition coefficient (Wildman–Crippen LogP) is 0.896. The summed E-state index contributed by atoms with van der Waals surface area (Å²) in [6, 6.07) is 0. The summed E-state index contributed by atoms with van der Waals surface area (Å²) in [4.78, 5) is 12.4. The zero-order valence-electron chi connectivity index (χ0n) is 10.7. The molecule has 0 bridgehead atoms. The highest BCUT2D eigenvalue weighted by Gasteiger charge is 2.40. The molecule has 0 aliphatic carbocycles. The molecule has 2 aromatic heterocycles. The number of hydrogen-bond donors (Lipinski definition) is 1. The van der Waals surface area contributed by atoms with Gasteiger partial charge in [0.2, 0.25) is 0 Å². The van der Waals surface area contributed by atoms with Gasteiger partial charge >= 0.3 is 0 Å². The Hall–Kier alpha value is -1.74. The summed E-state index contributed by atoms with van der Waals surface area (Å²) in [5.74, 6) is 3.03. The van der Waals surface area contributed by atoms with E-state index >= 15 is 0 Å². The lowest BCUT2D eigenvalue weighted by Gasteiger charge is -2.22. The summed E-state index contributed by atoms with van der Waals surface area (Å²) in [5, 5.41) is 0. The van der Waals surface area contributed by atoms with Crippen LogP contribution in [0.1, 0.15) is 19.1 Å². The Labute approximate surface area is 118 Å². The summed E-state index contributed by atoms with van der Waals surface area (Å²) < 4.78 is 12.9. The van der Waals surface area contributed by atoms with Gasteiger partial charge in [-0.25, -0.2) is 15.0 Å². The molecule has 1 fully saturated rings. The Morgan fingerprint density at radius 1 is 1.60 bits per heavy atom. The molecule has 0 aromatic carbocycles. The van der Waals surface area contributed by atoms with E-state index in [4.69, 9.17) is 21.4 Å². The van der Waals surface area contributed by atoms with Crippen LogP contribution in [0.15, 0.2) is 12.7 Å². The van der Waals surface area contributed by atoms with E-state index in [1.807, 2.05) is 4.57 Å². The number of terminal acetylenes is 1. The van der Waals surface area contributed by atoms with Gasteiger partial charge < -0.3 is 15.0 Å². The van der Waals surface area contributed by atoms with Crippen LogP contribution in [0.25, 0.3) is 11.2 Å². The predicted molar refractivity (Wildman–Crippen MR) is 76.3 cm³/mol. The summed E-state index contributed by atoms with van der Waals surface area (Å²) >= 11 is 0.